The van der Waals surface area contributed by atoms with E-state index in [2.05, 4.69) is 30.8 Å². The highest BCUT2D eigenvalue weighted by atomic mass is 19.4. The van der Waals surface area contributed by atoms with Gasteiger partial charge in [-0.1, -0.05) is 0 Å². The van der Waals surface area contributed by atoms with Crippen LogP contribution in [0.25, 0.3) is 0 Å². The van der Waals surface area contributed by atoms with Crippen LogP contribution in [-0.2, 0) is 6.18 Å². The SMILES string of the molecule is CCNc1nc(Nc2cnn(C3CC(n4cccn4)C3)c2C)ncc1C(F)(F)F. The highest BCUT2D eigenvalue weighted by molar-refractivity contribution is 5.58. The van der Waals surface area contributed by atoms with Crippen LogP contribution in [-0.4, -0.2) is 36.1 Å². The van der Waals surface area contributed by atoms with Crippen molar-refractivity contribution in [3.05, 3.63) is 42.1 Å². The molecule has 4 rings (SSSR count). The number of nitrogens with one attached hydrogen (secondary N) is 2. The van der Waals surface area contributed by atoms with Crippen LogP contribution in [0.1, 0.15) is 43.1 Å². The number of hydrogen-bond acceptors (Lipinski definition) is 6. The van der Waals surface area contributed by atoms with Crippen molar-refractivity contribution in [2.75, 3.05) is 17.2 Å². The van der Waals surface area contributed by atoms with E-state index in [0.717, 1.165) is 24.7 Å². The van der Waals surface area contributed by atoms with E-state index < -0.39 is 11.7 Å². The van der Waals surface area contributed by atoms with Crippen molar-refractivity contribution in [1.29, 1.82) is 0 Å². The Bertz CT molecular complexity index is 974. The zero-order valence-electron chi connectivity index (χ0n) is 16.0. The fraction of sp³-hybridized carbons (Fsp3) is 0.444. The topological polar surface area (TPSA) is 85.5 Å². The van der Waals surface area contributed by atoms with Crippen LogP contribution < -0.4 is 10.6 Å². The third-order valence-corrected chi connectivity index (χ3v) is 5.06. The van der Waals surface area contributed by atoms with Gasteiger partial charge in [0.1, 0.15) is 11.4 Å². The molecule has 3 aromatic heterocycles. The summed E-state index contributed by atoms with van der Waals surface area (Å²) >= 11 is 0. The Kier molecular flexibility index (Phi) is 4.89. The molecule has 2 N–H and O–H groups in total. The van der Waals surface area contributed by atoms with Crippen molar-refractivity contribution >= 4 is 17.5 Å². The van der Waals surface area contributed by atoms with E-state index in [9.17, 15) is 13.2 Å². The normalized spacial score (nSPS) is 19.1. The summed E-state index contributed by atoms with van der Waals surface area (Å²) in [5.74, 6) is -0.164. The van der Waals surface area contributed by atoms with Gasteiger partial charge in [0.2, 0.25) is 5.95 Å². The minimum atomic E-state index is -4.52. The van der Waals surface area contributed by atoms with Gasteiger partial charge in [-0.25, -0.2) is 4.98 Å². The molecular weight excluding hydrogens is 385 g/mol. The van der Waals surface area contributed by atoms with Crippen LogP contribution in [0.5, 0.6) is 0 Å². The van der Waals surface area contributed by atoms with Crippen LogP contribution in [0.3, 0.4) is 0 Å². The quantitative estimate of drug-likeness (QED) is 0.645. The van der Waals surface area contributed by atoms with Crippen LogP contribution >= 0.6 is 0 Å². The lowest BCUT2D eigenvalue weighted by Crippen LogP contribution is -2.30. The Morgan fingerprint density at radius 3 is 2.62 bits per heavy atom. The molecule has 29 heavy (non-hydrogen) atoms. The summed E-state index contributed by atoms with van der Waals surface area (Å²) < 4.78 is 43.2. The molecule has 1 aliphatic carbocycles. The van der Waals surface area contributed by atoms with Crippen molar-refractivity contribution in [1.82, 2.24) is 29.5 Å². The van der Waals surface area contributed by atoms with E-state index in [-0.39, 0.29) is 17.8 Å². The third-order valence-electron chi connectivity index (χ3n) is 5.06. The van der Waals surface area contributed by atoms with Crippen LogP contribution in [0.4, 0.5) is 30.6 Å². The molecule has 0 amide bonds. The molecule has 0 saturated heterocycles. The number of halogens is 3. The first-order chi connectivity index (χ1) is 13.9. The lowest BCUT2D eigenvalue weighted by Gasteiger charge is -2.36. The van der Waals surface area contributed by atoms with Gasteiger partial charge in [-0.3, -0.25) is 9.36 Å². The Hall–Kier alpha value is -3.11. The number of hydrogen-bond donors (Lipinski definition) is 2. The van der Waals surface area contributed by atoms with E-state index >= 15 is 0 Å². The maximum Gasteiger partial charge on any atom is 0.421 e. The third kappa shape index (κ3) is 3.76. The highest BCUT2D eigenvalue weighted by Crippen LogP contribution is 2.42. The Balaban J connectivity index is 1.49. The molecule has 0 unspecified atom stereocenters. The number of rotatable bonds is 6. The molecule has 0 aliphatic heterocycles. The molecule has 0 spiro atoms. The van der Waals surface area contributed by atoms with E-state index in [1.807, 2.05) is 28.6 Å². The molecule has 1 aliphatic rings. The second-order valence-electron chi connectivity index (χ2n) is 6.96. The molecular formula is C18H21F3N8. The molecule has 0 bridgehead atoms. The largest absolute Gasteiger partial charge is 0.421 e. The number of alkyl halides is 3. The van der Waals surface area contributed by atoms with Crippen LogP contribution in [0.15, 0.2) is 30.9 Å². The van der Waals surface area contributed by atoms with Gasteiger partial charge in [0.25, 0.3) is 0 Å². The predicted molar refractivity (Wildman–Crippen MR) is 101 cm³/mol. The average molecular weight is 406 g/mol. The molecule has 11 heteroatoms. The van der Waals surface area contributed by atoms with Crippen molar-refractivity contribution < 1.29 is 13.2 Å². The summed E-state index contributed by atoms with van der Waals surface area (Å²) in [6.07, 6.45) is 3.47. The van der Waals surface area contributed by atoms with Crippen molar-refractivity contribution in [2.24, 2.45) is 0 Å². The van der Waals surface area contributed by atoms with Gasteiger partial charge < -0.3 is 10.6 Å². The maximum atomic E-state index is 13.1. The smallest absolute Gasteiger partial charge is 0.370 e. The Labute approximate surface area is 165 Å². The summed E-state index contributed by atoms with van der Waals surface area (Å²) in [5.41, 5.74) is 0.647. The van der Waals surface area contributed by atoms with Gasteiger partial charge in [-0.2, -0.15) is 28.4 Å². The maximum absolute atomic E-state index is 13.1. The summed E-state index contributed by atoms with van der Waals surface area (Å²) in [4.78, 5) is 7.83. The lowest BCUT2D eigenvalue weighted by molar-refractivity contribution is -0.137. The van der Waals surface area contributed by atoms with Gasteiger partial charge in [0.05, 0.1) is 29.7 Å². The van der Waals surface area contributed by atoms with E-state index in [4.69, 9.17) is 0 Å². The molecule has 1 saturated carbocycles. The van der Waals surface area contributed by atoms with Crippen molar-refractivity contribution in [3.8, 4) is 0 Å². The first-order valence-corrected chi connectivity index (χ1v) is 9.35. The minimum Gasteiger partial charge on any atom is -0.370 e. The average Bonchev–Trinajstić information content (AvgIpc) is 3.26. The summed E-state index contributed by atoms with van der Waals surface area (Å²) in [7, 11) is 0. The van der Waals surface area contributed by atoms with Gasteiger partial charge >= 0.3 is 6.18 Å². The number of aromatic nitrogens is 6. The molecule has 3 heterocycles. The number of nitrogens with zero attached hydrogens (tertiary/aromatic N) is 6. The first-order valence-electron chi connectivity index (χ1n) is 9.35. The zero-order valence-corrected chi connectivity index (χ0v) is 16.0. The van der Waals surface area contributed by atoms with Crippen molar-refractivity contribution in [3.63, 3.8) is 0 Å². The summed E-state index contributed by atoms with van der Waals surface area (Å²) in [6, 6.07) is 2.52. The minimum absolute atomic E-state index is 0.0830. The standard InChI is InChI=1S/C18H21F3N8/c1-3-22-16-14(18(19,20)21)9-23-17(27-16)26-15-10-25-29(11(15)2)13-7-12(8-13)28-6-4-5-24-28/h4-6,9-10,12-13H,3,7-8H2,1-2H3,(H2,22,23,26,27). The van der Waals surface area contributed by atoms with E-state index in [0.29, 0.717) is 18.3 Å². The molecule has 0 atom stereocenters. The second-order valence-corrected chi connectivity index (χ2v) is 6.96. The van der Waals surface area contributed by atoms with Gasteiger partial charge in [0.15, 0.2) is 0 Å². The van der Waals surface area contributed by atoms with Crippen LogP contribution in [0, 0.1) is 6.92 Å². The summed E-state index contributed by atoms with van der Waals surface area (Å²) in [6.45, 7) is 3.93. The van der Waals surface area contributed by atoms with Gasteiger partial charge in [-0.15, -0.1) is 0 Å². The monoisotopic (exact) mass is 406 g/mol. The highest BCUT2D eigenvalue weighted by Gasteiger charge is 2.36. The number of anilines is 3. The fourth-order valence-corrected chi connectivity index (χ4v) is 3.46. The lowest BCUT2D eigenvalue weighted by atomic mass is 9.87. The van der Waals surface area contributed by atoms with E-state index in [1.165, 1.54) is 0 Å². The molecule has 0 aromatic carbocycles. The molecule has 1 fully saturated rings. The first kappa shape index (κ1) is 19.2. The zero-order chi connectivity index (χ0) is 20.6. The predicted octanol–water partition coefficient (Wildman–Crippen LogP) is 3.95. The fourth-order valence-electron chi connectivity index (χ4n) is 3.46. The molecule has 8 nitrogen and oxygen atoms in total. The summed E-state index contributed by atoms with van der Waals surface area (Å²) in [5, 5.41) is 14.3. The molecule has 3 aromatic rings. The molecule has 0 radical (unpaired) electrons. The Morgan fingerprint density at radius 1 is 1.17 bits per heavy atom. The second kappa shape index (κ2) is 7.37. The van der Waals surface area contributed by atoms with Crippen LogP contribution in [0.2, 0.25) is 0 Å². The van der Waals surface area contributed by atoms with Crippen molar-refractivity contribution in [2.45, 2.75) is 44.9 Å². The van der Waals surface area contributed by atoms with Gasteiger partial charge in [0, 0.05) is 25.1 Å². The van der Waals surface area contributed by atoms with Gasteiger partial charge in [-0.05, 0) is 32.8 Å². The van der Waals surface area contributed by atoms with E-state index in [1.54, 1.807) is 19.3 Å². The molecule has 154 valence electrons. The Morgan fingerprint density at radius 2 is 1.97 bits per heavy atom.